The largest absolute Gasteiger partial charge is 0.508 e. The lowest BCUT2D eigenvalue weighted by molar-refractivity contribution is 0.444. The Morgan fingerprint density at radius 3 is 1.97 bits per heavy atom. The molecule has 0 radical (unpaired) electrons. The molecular formula is C19H12Cl4O5S. The van der Waals surface area contributed by atoms with E-state index in [9.17, 15) is 23.2 Å². The second-order valence-electron chi connectivity index (χ2n) is 6.09. The Morgan fingerprint density at radius 1 is 0.759 bits per heavy atom. The summed E-state index contributed by atoms with van der Waals surface area (Å²) >= 11 is 24.8. The van der Waals surface area contributed by atoms with Gasteiger partial charge in [0.25, 0.3) is 10.1 Å². The summed E-state index contributed by atoms with van der Waals surface area (Å²) in [6.07, 6.45) is 0. The molecule has 3 rings (SSSR count). The zero-order valence-electron chi connectivity index (χ0n) is 14.3. The van der Waals surface area contributed by atoms with Crippen molar-refractivity contribution in [3.8, 4) is 11.5 Å². The lowest BCUT2D eigenvalue weighted by Gasteiger charge is -2.34. The normalized spacial score (nSPS) is 13.8. The van der Waals surface area contributed by atoms with Crippen molar-refractivity contribution in [2.75, 3.05) is 0 Å². The molecular weight excluding hydrogens is 482 g/mol. The van der Waals surface area contributed by atoms with Crippen molar-refractivity contribution in [2.45, 2.75) is 4.75 Å². The fraction of sp³-hybridized carbons (Fsp3) is 0.0526. The highest BCUT2D eigenvalue weighted by atomic mass is 35.5. The maximum atomic E-state index is 13.0. The Hall–Kier alpha value is -1.67. The molecule has 0 aliphatic carbocycles. The molecule has 3 aromatic rings. The lowest BCUT2D eigenvalue weighted by Crippen LogP contribution is -2.39. The van der Waals surface area contributed by atoms with Crippen LogP contribution in [0.1, 0.15) is 16.7 Å². The van der Waals surface area contributed by atoms with Gasteiger partial charge < -0.3 is 10.2 Å². The van der Waals surface area contributed by atoms with Gasteiger partial charge in [0.1, 0.15) is 11.5 Å². The second kappa shape index (κ2) is 7.87. The molecule has 0 aliphatic rings. The van der Waals surface area contributed by atoms with E-state index in [2.05, 4.69) is 0 Å². The number of phenols is 2. The van der Waals surface area contributed by atoms with Gasteiger partial charge in [-0.15, -0.1) is 0 Å². The third-order valence-corrected chi connectivity index (χ3v) is 7.08. The van der Waals surface area contributed by atoms with Crippen LogP contribution >= 0.6 is 46.4 Å². The monoisotopic (exact) mass is 492 g/mol. The molecule has 0 fully saturated rings. The Balaban J connectivity index is 2.66. The molecule has 29 heavy (non-hydrogen) atoms. The van der Waals surface area contributed by atoms with Gasteiger partial charge in [0, 0.05) is 37.8 Å². The van der Waals surface area contributed by atoms with Gasteiger partial charge >= 0.3 is 0 Å². The Labute approximate surface area is 186 Å². The summed E-state index contributed by atoms with van der Waals surface area (Å²) in [4.78, 5) is 0. The van der Waals surface area contributed by atoms with Crippen LogP contribution in [-0.2, 0) is 14.9 Å². The molecule has 5 nitrogen and oxygen atoms in total. The summed E-state index contributed by atoms with van der Waals surface area (Å²) in [5.41, 5.74) is -0.581. The van der Waals surface area contributed by atoms with Crippen LogP contribution in [0.25, 0.3) is 0 Å². The van der Waals surface area contributed by atoms with Crippen molar-refractivity contribution < 1.29 is 23.2 Å². The van der Waals surface area contributed by atoms with Gasteiger partial charge in [0.2, 0.25) is 0 Å². The van der Waals surface area contributed by atoms with Crippen molar-refractivity contribution in [3.63, 3.8) is 0 Å². The Bertz CT molecular complexity index is 1210. The van der Waals surface area contributed by atoms with Gasteiger partial charge in [-0.3, -0.25) is 4.55 Å². The van der Waals surface area contributed by atoms with Crippen molar-refractivity contribution in [3.05, 3.63) is 91.4 Å². The van der Waals surface area contributed by atoms with E-state index < -0.39 is 31.4 Å². The molecule has 1 atom stereocenters. The molecule has 10 heteroatoms. The minimum Gasteiger partial charge on any atom is -0.508 e. The molecule has 1 unspecified atom stereocenters. The van der Waals surface area contributed by atoms with Crippen LogP contribution in [0.3, 0.4) is 0 Å². The van der Waals surface area contributed by atoms with Crippen LogP contribution < -0.4 is 0 Å². The number of aromatic hydroxyl groups is 2. The number of rotatable bonds is 4. The molecule has 0 heterocycles. The summed E-state index contributed by atoms with van der Waals surface area (Å²) in [7, 11) is -5.12. The van der Waals surface area contributed by atoms with Gasteiger partial charge in [-0.2, -0.15) is 8.42 Å². The molecule has 3 aromatic carbocycles. The van der Waals surface area contributed by atoms with E-state index in [1.165, 1.54) is 36.4 Å². The first-order valence-electron chi connectivity index (χ1n) is 7.89. The van der Waals surface area contributed by atoms with Crippen LogP contribution in [0.15, 0.2) is 54.6 Å². The molecule has 0 aliphatic heterocycles. The highest BCUT2D eigenvalue weighted by Crippen LogP contribution is 2.52. The predicted octanol–water partition coefficient (Wildman–Crippen LogP) is 5.89. The molecule has 0 bridgehead atoms. The number of hydrogen-bond acceptors (Lipinski definition) is 4. The van der Waals surface area contributed by atoms with Gasteiger partial charge in [0.05, 0.1) is 5.02 Å². The first kappa shape index (κ1) is 22.0. The SMILES string of the molecule is O=S(=O)(O)C(c1ccccc1Cl)(c1ccc(Cl)cc1Cl)c1cc(O)cc(O)c1Cl. The number of hydrogen-bond donors (Lipinski definition) is 3. The van der Waals surface area contributed by atoms with E-state index >= 15 is 0 Å². The van der Waals surface area contributed by atoms with E-state index in [-0.39, 0.29) is 31.8 Å². The third-order valence-electron chi connectivity index (χ3n) is 4.37. The van der Waals surface area contributed by atoms with E-state index in [1.807, 2.05) is 0 Å². The maximum Gasteiger partial charge on any atom is 0.283 e. The summed E-state index contributed by atoms with van der Waals surface area (Å²) in [6, 6.07) is 11.7. The van der Waals surface area contributed by atoms with E-state index in [1.54, 1.807) is 6.07 Å². The van der Waals surface area contributed by atoms with E-state index in [0.29, 0.717) is 0 Å². The van der Waals surface area contributed by atoms with Gasteiger partial charge in [-0.05, 0) is 24.3 Å². The predicted molar refractivity (Wildman–Crippen MR) is 114 cm³/mol. The van der Waals surface area contributed by atoms with Crippen LogP contribution in [0, 0.1) is 0 Å². The van der Waals surface area contributed by atoms with Crippen molar-refractivity contribution in [2.24, 2.45) is 0 Å². The van der Waals surface area contributed by atoms with Gasteiger partial charge in [-0.25, -0.2) is 0 Å². The zero-order valence-corrected chi connectivity index (χ0v) is 18.1. The Kier molecular flexibility index (Phi) is 5.98. The van der Waals surface area contributed by atoms with Crippen molar-refractivity contribution in [1.29, 1.82) is 0 Å². The molecule has 0 aromatic heterocycles. The van der Waals surface area contributed by atoms with Crippen LogP contribution in [0.4, 0.5) is 0 Å². The lowest BCUT2D eigenvalue weighted by atomic mass is 9.83. The number of phenolic OH excluding ortho intramolecular Hbond substituents is 2. The first-order chi connectivity index (χ1) is 13.5. The second-order valence-corrected chi connectivity index (χ2v) is 9.28. The minimum atomic E-state index is -5.12. The standard InChI is InChI=1S/C19H12Cl4O5S/c20-10-5-6-13(16(22)7-10)19(29(26,27)28,12-3-1-2-4-15(12)21)14-8-11(24)9-17(25)18(14)23/h1-9,24-25H,(H,26,27,28). The molecule has 0 spiro atoms. The highest BCUT2D eigenvalue weighted by molar-refractivity contribution is 7.87. The summed E-state index contributed by atoms with van der Waals surface area (Å²) in [5.74, 6) is -1.10. The average molecular weight is 494 g/mol. The topological polar surface area (TPSA) is 94.8 Å². The fourth-order valence-electron chi connectivity index (χ4n) is 3.22. The highest BCUT2D eigenvalue weighted by Gasteiger charge is 2.52. The Morgan fingerprint density at radius 2 is 1.38 bits per heavy atom. The first-order valence-corrected chi connectivity index (χ1v) is 10.8. The fourth-order valence-corrected chi connectivity index (χ4v) is 5.82. The number of halogens is 4. The van der Waals surface area contributed by atoms with Crippen LogP contribution in [0.5, 0.6) is 11.5 Å². The summed E-state index contributed by atoms with van der Waals surface area (Å²) in [5, 5.41) is 19.8. The quantitative estimate of drug-likeness (QED) is 0.311. The van der Waals surface area contributed by atoms with Gasteiger partial charge in [-0.1, -0.05) is 70.7 Å². The van der Waals surface area contributed by atoms with Gasteiger partial charge in [0.15, 0.2) is 4.75 Å². The third kappa shape index (κ3) is 3.65. The molecule has 0 saturated carbocycles. The number of benzene rings is 3. The average Bonchev–Trinajstić information content (AvgIpc) is 2.61. The molecule has 152 valence electrons. The van der Waals surface area contributed by atoms with E-state index in [0.717, 1.165) is 12.1 Å². The van der Waals surface area contributed by atoms with E-state index in [4.69, 9.17) is 46.4 Å². The van der Waals surface area contributed by atoms with Crippen molar-refractivity contribution >= 4 is 56.5 Å². The smallest absolute Gasteiger partial charge is 0.283 e. The summed E-state index contributed by atoms with van der Waals surface area (Å²) < 4.78 is 34.0. The maximum absolute atomic E-state index is 13.0. The van der Waals surface area contributed by atoms with Crippen molar-refractivity contribution in [1.82, 2.24) is 0 Å². The molecule has 0 amide bonds. The van der Waals surface area contributed by atoms with Crippen LogP contribution in [0.2, 0.25) is 20.1 Å². The molecule has 3 N–H and O–H groups in total. The zero-order chi connectivity index (χ0) is 21.6. The summed E-state index contributed by atoms with van der Waals surface area (Å²) in [6.45, 7) is 0. The molecule has 0 saturated heterocycles. The minimum absolute atomic E-state index is 0.0324. The van der Waals surface area contributed by atoms with Crippen LogP contribution in [-0.4, -0.2) is 23.2 Å².